The van der Waals surface area contributed by atoms with E-state index in [0.717, 1.165) is 11.1 Å². The summed E-state index contributed by atoms with van der Waals surface area (Å²) in [5.41, 5.74) is 2.54. The van der Waals surface area contributed by atoms with E-state index in [0.29, 0.717) is 22.7 Å². The highest BCUT2D eigenvalue weighted by Gasteiger charge is 2.07. The Morgan fingerprint density at radius 3 is 2.41 bits per heavy atom. The van der Waals surface area contributed by atoms with Crippen LogP contribution in [-0.4, -0.2) is 26.0 Å². The standard InChI is InChI=1S/C25H23FN2O4/c1-31-22-12-6-17(15-23(22)32-2)7-13-24(29)27-16-18-4-3-5-21(14-18)28-25(30)19-8-10-20(26)11-9-19/h3-15H,16H2,1-2H3,(H,27,29)(H,28,30)/b13-7+. The molecule has 3 aromatic carbocycles. The number of amides is 2. The van der Waals surface area contributed by atoms with E-state index >= 15 is 0 Å². The van der Waals surface area contributed by atoms with Crippen LogP contribution in [0.25, 0.3) is 6.08 Å². The summed E-state index contributed by atoms with van der Waals surface area (Å²) in [6, 6.07) is 17.8. The van der Waals surface area contributed by atoms with E-state index in [9.17, 15) is 14.0 Å². The van der Waals surface area contributed by atoms with Gasteiger partial charge in [-0.05, 0) is 65.7 Å². The second-order valence-electron chi connectivity index (χ2n) is 6.83. The van der Waals surface area contributed by atoms with E-state index in [-0.39, 0.29) is 18.4 Å². The zero-order valence-corrected chi connectivity index (χ0v) is 17.7. The van der Waals surface area contributed by atoms with Crippen LogP contribution in [-0.2, 0) is 11.3 Å². The third kappa shape index (κ3) is 6.18. The first-order chi connectivity index (χ1) is 15.5. The molecule has 0 atom stereocenters. The number of anilines is 1. The van der Waals surface area contributed by atoms with Crippen LogP contribution >= 0.6 is 0 Å². The van der Waals surface area contributed by atoms with E-state index in [1.54, 1.807) is 50.6 Å². The monoisotopic (exact) mass is 434 g/mol. The molecule has 3 rings (SSSR count). The second-order valence-corrected chi connectivity index (χ2v) is 6.83. The Hall–Kier alpha value is -4.13. The molecule has 7 heteroatoms. The number of ether oxygens (including phenoxy) is 2. The molecule has 0 aliphatic carbocycles. The minimum atomic E-state index is -0.403. The van der Waals surface area contributed by atoms with Crippen LogP contribution in [0.1, 0.15) is 21.5 Å². The average Bonchev–Trinajstić information content (AvgIpc) is 2.81. The van der Waals surface area contributed by atoms with Crippen molar-refractivity contribution in [2.24, 2.45) is 0 Å². The molecule has 0 saturated carbocycles. The molecule has 0 aliphatic heterocycles. The van der Waals surface area contributed by atoms with Gasteiger partial charge >= 0.3 is 0 Å². The number of nitrogens with one attached hydrogen (secondary N) is 2. The summed E-state index contributed by atoms with van der Waals surface area (Å²) in [7, 11) is 3.11. The fraction of sp³-hybridized carbons (Fsp3) is 0.120. The number of hydrogen-bond acceptors (Lipinski definition) is 4. The van der Waals surface area contributed by atoms with Gasteiger partial charge in [-0.15, -0.1) is 0 Å². The lowest BCUT2D eigenvalue weighted by molar-refractivity contribution is -0.116. The average molecular weight is 434 g/mol. The second kappa shape index (κ2) is 10.8. The van der Waals surface area contributed by atoms with Crippen molar-refractivity contribution in [3.05, 3.63) is 95.3 Å². The number of benzene rings is 3. The first-order valence-corrected chi connectivity index (χ1v) is 9.82. The highest BCUT2D eigenvalue weighted by molar-refractivity contribution is 6.04. The SMILES string of the molecule is COc1ccc(/C=C/C(=O)NCc2cccc(NC(=O)c3ccc(F)cc3)c2)cc1OC. The third-order valence-corrected chi connectivity index (χ3v) is 4.59. The van der Waals surface area contributed by atoms with E-state index < -0.39 is 5.82 Å². The topological polar surface area (TPSA) is 76.7 Å². The number of halogens is 1. The largest absolute Gasteiger partial charge is 0.493 e. The predicted molar refractivity (Wildman–Crippen MR) is 121 cm³/mol. The smallest absolute Gasteiger partial charge is 0.255 e. The Bertz CT molecular complexity index is 1130. The molecular weight excluding hydrogens is 411 g/mol. The highest BCUT2D eigenvalue weighted by atomic mass is 19.1. The molecule has 0 fully saturated rings. The number of hydrogen-bond donors (Lipinski definition) is 2. The summed E-state index contributed by atoms with van der Waals surface area (Å²) in [4.78, 5) is 24.5. The van der Waals surface area contributed by atoms with Gasteiger partial charge in [0, 0.05) is 23.9 Å². The molecule has 164 valence electrons. The Labute approximate surface area is 185 Å². The molecule has 0 bridgehead atoms. The lowest BCUT2D eigenvalue weighted by Crippen LogP contribution is -2.20. The van der Waals surface area contributed by atoms with Crippen molar-refractivity contribution < 1.29 is 23.5 Å². The summed E-state index contributed by atoms with van der Waals surface area (Å²) in [6.45, 7) is 0.287. The Morgan fingerprint density at radius 1 is 0.938 bits per heavy atom. The van der Waals surface area contributed by atoms with Crippen LogP contribution in [0.5, 0.6) is 11.5 Å². The van der Waals surface area contributed by atoms with Crippen LogP contribution in [0, 0.1) is 5.82 Å². The van der Waals surface area contributed by atoms with Crippen molar-refractivity contribution in [3.63, 3.8) is 0 Å². The number of rotatable bonds is 8. The molecule has 2 N–H and O–H groups in total. The lowest BCUT2D eigenvalue weighted by Gasteiger charge is -2.08. The first kappa shape index (κ1) is 22.6. The first-order valence-electron chi connectivity index (χ1n) is 9.82. The van der Waals surface area contributed by atoms with Gasteiger partial charge in [-0.3, -0.25) is 9.59 Å². The van der Waals surface area contributed by atoms with Gasteiger partial charge in [-0.1, -0.05) is 18.2 Å². The zero-order chi connectivity index (χ0) is 22.9. The van der Waals surface area contributed by atoms with E-state index in [1.165, 1.54) is 30.3 Å². The molecule has 0 heterocycles. The van der Waals surface area contributed by atoms with E-state index in [2.05, 4.69) is 10.6 Å². The fourth-order valence-electron chi connectivity index (χ4n) is 2.94. The Morgan fingerprint density at radius 2 is 1.69 bits per heavy atom. The molecule has 0 saturated heterocycles. The molecule has 0 spiro atoms. The predicted octanol–water partition coefficient (Wildman–Crippen LogP) is 4.42. The summed E-state index contributed by atoms with van der Waals surface area (Å²) in [5, 5.41) is 5.57. The number of carbonyl (C=O) groups excluding carboxylic acids is 2. The maximum atomic E-state index is 13.0. The van der Waals surface area contributed by atoms with Crippen molar-refractivity contribution in [2.45, 2.75) is 6.54 Å². The van der Waals surface area contributed by atoms with Crippen LogP contribution in [0.2, 0.25) is 0 Å². The van der Waals surface area contributed by atoms with Gasteiger partial charge in [-0.25, -0.2) is 4.39 Å². The van der Waals surface area contributed by atoms with Gasteiger partial charge in [0.15, 0.2) is 11.5 Å². The van der Waals surface area contributed by atoms with Gasteiger partial charge in [0.05, 0.1) is 14.2 Å². The van der Waals surface area contributed by atoms with Gasteiger partial charge in [-0.2, -0.15) is 0 Å². The molecule has 0 radical (unpaired) electrons. The normalized spacial score (nSPS) is 10.6. The van der Waals surface area contributed by atoms with Crippen molar-refractivity contribution in [3.8, 4) is 11.5 Å². The van der Waals surface area contributed by atoms with Crippen LogP contribution < -0.4 is 20.1 Å². The molecular formula is C25H23FN2O4. The van der Waals surface area contributed by atoms with Crippen LogP contribution in [0.4, 0.5) is 10.1 Å². The van der Waals surface area contributed by atoms with E-state index in [1.807, 2.05) is 12.1 Å². The molecule has 2 amide bonds. The van der Waals surface area contributed by atoms with Crippen molar-refractivity contribution in [1.82, 2.24) is 5.32 Å². The maximum absolute atomic E-state index is 13.0. The van der Waals surface area contributed by atoms with Gasteiger partial charge < -0.3 is 20.1 Å². The minimum Gasteiger partial charge on any atom is -0.493 e. The molecule has 0 aromatic heterocycles. The number of carbonyl (C=O) groups is 2. The van der Waals surface area contributed by atoms with Crippen molar-refractivity contribution in [1.29, 1.82) is 0 Å². The molecule has 0 unspecified atom stereocenters. The number of methoxy groups -OCH3 is 2. The van der Waals surface area contributed by atoms with Gasteiger partial charge in [0.1, 0.15) is 5.82 Å². The molecule has 32 heavy (non-hydrogen) atoms. The van der Waals surface area contributed by atoms with Crippen molar-refractivity contribution >= 4 is 23.6 Å². The summed E-state index contributed by atoms with van der Waals surface area (Å²) < 4.78 is 23.5. The van der Waals surface area contributed by atoms with Gasteiger partial charge in [0.2, 0.25) is 5.91 Å². The highest BCUT2D eigenvalue weighted by Crippen LogP contribution is 2.27. The molecule has 3 aromatic rings. The van der Waals surface area contributed by atoms with Crippen molar-refractivity contribution in [2.75, 3.05) is 19.5 Å². The Kier molecular flexibility index (Phi) is 7.59. The summed E-state index contributed by atoms with van der Waals surface area (Å²) in [5.74, 6) is 0.180. The minimum absolute atomic E-state index is 0.263. The summed E-state index contributed by atoms with van der Waals surface area (Å²) in [6.07, 6.45) is 3.11. The van der Waals surface area contributed by atoms with Crippen LogP contribution in [0.3, 0.4) is 0 Å². The molecule has 6 nitrogen and oxygen atoms in total. The molecule has 0 aliphatic rings. The van der Waals surface area contributed by atoms with E-state index in [4.69, 9.17) is 9.47 Å². The zero-order valence-electron chi connectivity index (χ0n) is 17.7. The third-order valence-electron chi connectivity index (χ3n) is 4.59. The van der Waals surface area contributed by atoms with Crippen LogP contribution in [0.15, 0.2) is 72.8 Å². The Balaban J connectivity index is 1.56. The lowest BCUT2D eigenvalue weighted by atomic mass is 10.1. The van der Waals surface area contributed by atoms with Gasteiger partial charge in [0.25, 0.3) is 5.91 Å². The summed E-state index contributed by atoms with van der Waals surface area (Å²) >= 11 is 0. The quantitative estimate of drug-likeness (QED) is 0.515. The fourth-order valence-corrected chi connectivity index (χ4v) is 2.94. The maximum Gasteiger partial charge on any atom is 0.255 e.